The molecule has 1 aromatic carbocycles. The number of amides is 1. The smallest absolute Gasteiger partial charge is 0.248 e. The second kappa shape index (κ2) is 6.55. The monoisotopic (exact) mass is 312 g/mol. The van der Waals surface area contributed by atoms with Gasteiger partial charge in [-0.05, 0) is 49.4 Å². The van der Waals surface area contributed by atoms with Crippen LogP contribution in [-0.2, 0) is 10.0 Å². The van der Waals surface area contributed by atoms with E-state index in [2.05, 4.69) is 4.72 Å². The van der Waals surface area contributed by atoms with Crippen LogP contribution >= 0.6 is 0 Å². The fourth-order valence-electron chi connectivity index (χ4n) is 2.56. The minimum Gasteiger partial charge on any atom is -0.393 e. The van der Waals surface area contributed by atoms with Crippen molar-refractivity contribution in [3.05, 3.63) is 29.8 Å². The first-order valence-corrected chi connectivity index (χ1v) is 8.44. The van der Waals surface area contributed by atoms with Crippen molar-refractivity contribution in [2.24, 2.45) is 11.7 Å². The highest BCUT2D eigenvalue weighted by Gasteiger charge is 2.22. The van der Waals surface area contributed by atoms with Crippen molar-refractivity contribution in [1.82, 2.24) is 4.72 Å². The largest absolute Gasteiger partial charge is 0.393 e. The van der Waals surface area contributed by atoms with Crippen LogP contribution in [0.15, 0.2) is 29.2 Å². The molecular formula is C14H20N2O4S. The van der Waals surface area contributed by atoms with Gasteiger partial charge in [-0.15, -0.1) is 0 Å². The number of carbonyl (C=O) groups is 1. The summed E-state index contributed by atoms with van der Waals surface area (Å²) in [6, 6.07) is 5.50. The first kappa shape index (κ1) is 15.9. The molecule has 0 aliphatic heterocycles. The number of benzene rings is 1. The van der Waals surface area contributed by atoms with Crippen molar-refractivity contribution in [3.8, 4) is 0 Å². The van der Waals surface area contributed by atoms with Gasteiger partial charge in [0.15, 0.2) is 0 Å². The molecule has 0 aromatic heterocycles. The molecule has 21 heavy (non-hydrogen) atoms. The van der Waals surface area contributed by atoms with Gasteiger partial charge in [0.1, 0.15) is 0 Å². The summed E-state index contributed by atoms with van der Waals surface area (Å²) in [5.41, 5.74) is 5.38. The van der Waals surface area contributed by atoms with Gasteiger partial charge in [-0.25, -0.2) is 13.1 Å². The topological polar surface area (TPSA) is 109 Å². The highest BCUT2D eigenvalue weighted by atomic mass is 32.2. The number of aliphatic hydroxyl groups is 1. The van der Waals surface area contributed by atoms with E-state index in [0.717, 1.165) is 19.3 Å². The number of carbonyl (C=O) groups excluding carboxylic acids is 1. The lowest BCUT2D eigenvalue weighted by atomic mass is 9.87. The molecule has 6 nitrogen and oxygen atoms in total. The van der Waals surface area contributed by atoms with Gasteiger partial charge in [0, 0.05) is 12.1 Å². The van der Waals surface area contributed by atoms with Crippen LogP contribution < -0.4 is 10.5 Å². The van der Waals surface area contributed by atoms with E-state index < -0.39 is 15.9 Å². The molecule has 1 amide bonds. The first-order chi connectivity index (χ1) is 9.88. The summed E-state index contributed by atoms with van der Waals surface area (Å²) in [7, 11) is -3.60. The molecule has 116 valence electrons. The maximum Gasteiger partial charge on any atom is 0.248 e. The lowest BCUT2D eigenvalue weighted by Crippen LogP contribution is -2.33. The minimum absolute atomic E-state index is 0.101. The van der Waals surface area contributed by atoms with Gasteiger partial charge in [-0.3, -0.25) is 4.79 Å². The number of primary amides is 1. The summed E-state index contributed by atoms with van der Waals surface area (Å²) in [6.07, 6.45) is 2.92. The summed E-state index contributed by atoms with van der Waals surface area (Å²) in [5.74, 6) is -0.434. The molecule has 1 aliphatic rings. The lowest BCUT2D eigenvalue weighted by molar-refractivity contribution is 0.0999. The van der Waals surface area contributed by atoms with Gasteiger partial charge < -0.3 is 10.8 Å². The van der Waals surface area contributed by atoms with Crippen LogP contribution in [0, 0.1) is 5.92 Å². The quantitative estimate of drug-likeness (QED) is 0.740. The second-order valence-electron chi connectivity index (χ2n) is 5.43. The second-order valence-corrected chi connectivity index (χ2v) is 7.19. The first-order valence-electron chi connectivity index (χ1n) is 6.96. The van der Waals surface area contributed by atoms with E-state index >= 15 is 0 Å². The molecule has 0 saturated heterocycles. The molecule has 4 N–H and O–H groups in total. The Morgan fingerprint density at radius 3 is 2.52 bits per heavy atom. The van der Waals surface area contributed by atoms with Crippen LogP contribution in [0.5, 0.6) is 0 Å². The van der Waals surface area contributed by atoms with Crippen molar-refractivity contribution >= 4 is 15.9 Å². The van der Waals surface area contributed by atoms with Gasteiger partial charge in [0.05, 0.1) is 11.0 Å². The molecule has 0 heterocycles. The van der Waals surface area contributed by atoms with Crippen LogP contribution in [0.2, 0.25) is 0 Å². The fourth-order valence-corrected chi connectivity index (χ4v) is 3.67. The van der Waals surface area contributed by atoms with E-state index in [1.54, 1.807) is 0 Å². The van der Waals surface area contributed by atoms with Crippen LogP contribution in [0.25, 0.3) is 0 Å². The zero-order valence-corrected chi connectivity index (χ0v) is 12.5. The van der Waals surface area contributed by atoms with Gasteiger partial charge in [0.2, 0.25) is 15.9 Å². The van der Waals surface area contributed by atoms with Gasteiger partial charge in [0.25, 0.3) is 0 Å². The Hall–Kier alpha value is -1.44. The molecule has 0 spiro atoms. The van der Waals surface area contributed by atoms with E-state index in [1.165, 1.54) is 24.3 Å². The van der Waals surface area contributed by atoms with E-state index in [0.29, 0.717) is 13.0 Å². The number of nitrogens with one attached hydrogen (secondary N) is 1. The average Bonchev–Trinajstić information content (AvgIpc) is 2.45. The predicted octanol–water partition coefficient (Wildman–Crippen LogP) is 0.615. The molecule has 1 aliphatic carbocycles. The van der Waals surface area contributed by atoms with Crippen molar-refractivity contribution in [1.29, 1.82) is 0 Å². The molecule has 0 bridgehead atoms. The number of nitrogens with two attached hydrogens (primary N) is 1. The van der Waals surface area contributed by atoms with Gasteiger partial charge in [-0.1, -0.05) is 6.42 Å². The Bertz CT molecular complexity index is 598. The number of aliphatic hydroxyl groups excluding tert-OH is 1. The summed E-state index contributed by atoms with van der Waals surface area (Å²) >= 11 is 0. The third-order valence-electron chi connectivity index (χ3n) is 3.77. The van der Waals surface area contributed by atoms with Crippen molar-refractivity contribution in [2.45, 2.75) is 36.7 Å². The minimum atomic E-state index is -3.60. The molecule has 1 fully saturated rings. The molecular weight excluding hydrogens is 292 g/mol. The summed E-state index contributed by atoms with van der Waals surface area (Å²) in [4.78, 5) is 11.1. The molecule has 7 heteroatoms. The van der Waals surface area contributed by atoms with Crippen LogP contribution in [0.1, 0.15) is 36.0 Å². The summed E-state index contributed by atoms with van der Waals surface area (Å²) in [6.45, 7) is 0.316. The van der Waals surface area contributed by atoms with Crippen molar-refractivity contribution < 1.29 is 18.3 Å². The normalized spacial score (nSPS) is 22.9. The Kier molecular flexibility index (Phi) is 4.97. The molecule has 2 rings (SSSR count). The number of hydrogen-bond donors (Lipinski definition) is 3. The Morgan fingerprint density at radius 2 is 1.95 bits per heavy atom. The summed E-state index contributed by atoms with van der Waals surface area (Å²) < 4.78 is 26.9. The van der Waals surface area contributed by atoms with Crippen LogP contribution in [-0.4, -0.2) is 32.1 Å². The number of hydrogen-bond acceptors (Lipinski definition) is 4. The third-order valence-corrected chi connectivity index (χ3v) is 5.21. The molecule has 2 atom stereocenters. The number of rotatable bonds is 5. The molecule has 1 saturated carbocycles. The van der Waals surface area contributed by atoms with Crippen LogP contribution in [0.3, 0.4) is 0 Å². The standard InChI is InChI=1S/C14H20N2O4S/c15-14(18)11-4-6-13(7-5-11)21(19,20)16-9-10-2-1-3-12(17)8-10/h4-7,10,12,16-17H,1-3,8-9H2,(H2,15,18). The SMILES string of the molecule is NC(=O)c1ccc(S(=O)(=O)NCC2CCCC(O)C2)cc1. The van der Waals surface area contributed by atoms with Crippen LogP contribution in [0.4, 0.5) is 0 Å². The summed E-state index contributed by atoms with van der Waals surface area (Å²) in [5, 5.41) is 9.59. The number of sulfonamides is 1. The predicted molar refractivity (Wildman–Crippen MR) is 78.1 cm³/mol. The Morgan fingerprint density at radius 1 is 1.29 bits per heavy atom. The van der Waals surface area contributed by atoms with E-state index in [4.69, 9.17) is 5.73 Å². The van der Waals surface area contributed by atoms with Gasteiger partial charge >= 0.3 is 0 Å². The zero-order valence-electron chi connectivity index (χ0n) is 11.7. The highest BCUT2D eigenvalue weighted by molar-refractivity contribution is 7.89. The fraction of sp³-hybridized carbons (Fsp3) is 0.500. The maximum atomic E-state index is 12.1. The van der Waals surface area contributed by atoms with E-state index in [9.17, 15) is 18.3 Å². The zero-order chi connectivity index (χ0) is 15.5. The lowest BCUT2D eigenvalue weighted by Gasteiger charge is -2.25. The Balaban J connectivity index is 1.99. The van der Waals surface area contributed by atoms with Crippen molar-refractivity contribution in [2.75, 3.05) is 6.54 Å². The average molecular weight is 312 g/mol. The molecule has 2 unspecified atom stereocenters. The van der Waals surface area contributed by atoms with Gasteiger partial charge in [-0.2, -0.15) is 0 Å². The van der Waals surface area contributed by atoms with E-state index in [1.807, 2.05) is 0 Å². The maximum absolute atomic E-state index is 12.1. The molecule has 0 radical (unpaired) electrons. The van der Waals surface area contributed by atoms with E-state index in [-0.39, 0.29) is 22.5 Å². The Labute approximate surface area is 124 Å². The molecule has 1 aromatic rings. The van der Waals surface area contributed by atoms with Crippen molar-refractivity contribution in [3.63, 3.8) is 0 Å². The highest BCUT2D eigenvalue weighted by Crippen LogP contribution is 2.24. The third kappa shape index (κ3) is 4.26.